The van der Waals surface area contributed by atoms with Crippen molar-refractivity contribution in [1.82, 2.24) is 10.2 Å². The Balaban J connectivity index is 1.97. The van der Waals surface area contributed by atoms with Crippen molar-refractivity contribution in [3.8, 4) is 0 Å². The van der Waals surface area contributed by atoms with Crippen LogP contribution in [0.2, 0.25) is 0 Å². The average Bonchev–Trinajstić information content (AvgIpc) is 2.46. The van der Waals surface area contributed by atoms with Crippen molar-refractivity contribution >= 4 is 5.91 Å². The minimum Gasteiger partial charge on any atom is -0.338 e. The summed E-state index contributed by atoms with van der Waals surface area (Å²) in [6.45, 7) is 5.45. The predicted octanol–water partition coefficient (Wildman–Crippen LogP) is 2.03. The predicted molar refractivity (Wildman–Crippen MR) is 73.1 cm³/mol. The molecule has 1 fully saturated rings. The third-order valence-electron chi connectivity index (χ3n) is 3.56. The first kappa shape index (κ1) is 13.1. The fourth-order valence-electron chi connectivity index (χ4n) is 2.47. The maximum atomic E-state index is 12.4. The van der Waals surface area contributed by atoms with Crippen molar-refractivity contribution in [3.63, 3.8) is 0 Å². The number of benzene rings is 1. The van der Waals surface area contributed by atoms with Gasteiger partial charge in [0, 0.05) is 19.6 Å². The summed E-state index contributed by atoms with van der Waals surface area (Å²) in [5, 5.41) is 3.31. The van der Waals surface area contributed by atoms with Gasteiger partial charge in [-0.2, -0.15) is 0 Å². The number of amides is 1. The van der Waals surface area contributed by atoms with Crippen molar-refractivity contribution in [1.29, 1.82) is 0 Å². The molecule has 0 radical (unpaired) electrons. The van der Waals surface area contributed by atoms with E-state index in [0.29, 0.717) is 5.91 Å². The molecule has 0 bridgehead atoms. The molecule has 18 heavy (non-hydrogen) atoms. The molecular weight excluding hydrogens is 224 g/mol. The number of carbonyl (C=O) groups excluding carboxylic acids is 1. The Labute approximate surface area is 109 Å². The molecule has 3 nitrogen and oxygen atoms in total. The largest absolute Gasteiger partial charge is 0.338 e. The Hall–Kier alpha value is -1.35. The monoisotopic (exact) mass is 246 g/mol. The van der Waals surface area contributed by atoms with Gasteiger partial charge >= 0.3 is 0 Å². The highest BCUT2D eigenvalue weighted by Crippen LogP contribution is 2.15. The maximum absolute atomic E-state index is 12.4. The highest BCUT2D eigenvalue weighted by Gasteiger charge is 2.24. The SMILES string of the molecule is CCN(Cc1ccccc1)C(=O)[C@H]1CCCNC1. The molecule has 1 aromatic carbocycles. The van der Waals surface area contributed by atoms with Gasteiger partial charge in [-0.05, 0) is 31.9 Å². The zero-order valence-electron chi connectivity index (χ0n) is 11.1. The van der Waals surface area contributed by atoms with E-state index < -0.39 is 0 Å². The smallest absolute Gasteiger partial charge is 0.227 e. The zero-order valence-corrected chi connectivity index (χ0v) is 11.1. The van der Waals surface area contributed by atoms with E-state index in [1.165, 1.54) is 5.56 Å². The van der Waals surface area contributed by atoms with E-state index in [1.807, 2.05) is 23.1 Å². The molecule has 1 aliphatic rings. The van der Waals surface area contributed by atoms with Crippen LogP contribution in [0.5, 0.6) is 0 Å². The van der Waals surface area contributed by atoms with E-state index in [2.05, 4.69) is 24.4 Å². The minimum absolute atomic E-state index is 0.169. The van der Waals surface area contributed by atoms with Gasteiger partial charge < -0.3 is 10.2 Å². The molecule has 1 aromatic rings. The van der Waals surface area contributed by atoms with Crippen LogP contribution >= 0.6 is 0 Å². The van der Waals surface area contributed by atoms with E-state index in [1.54, 1.807) is 0 Å². The zero-order chi connectivity index (χ0) is 12.8. The fourth-order valence-corrected chi connectivity index (χ4v) is 2.47. The van der Waals surface area contributed by atoms with Gasteiger partial charge in [0.2, 0.25) is 5.91 Å². The van der Waals surface area contributed by atoms with Crippen molar-refractivity contribution < 1.29 is 4.79 Å². The summed E-state index contributed by atoms with van der Waals surface area (Å²) in [6, 6.07) is 10.2. The molecule has 1 atom stereocenters. The molecule has 98 valence electrons. The molecule has 1 N–H and O–H groups in total. The molecule has 3 heteroatoms. The molecule has 0 unspecified atom stereocenters. The summed E-state index contributed by atoms with van der Waals surface area (Å²) >= 11 is 0. The van der Waals surface area contributed by atoms with Crippen LogP contribution in [0.4, 0.5) is 0 Å². The quantitative estimate of drug-likeness (QED) is 0.881. The van der Waals surface area contributed by atoms with Crippen LogP contribution in [0, 0.1) is 5.92 Å². The average molecular weight is 246 g/mol. The van der Waals surface area contributed by atoms with E-state index in [0.717, 1.165) is 39.0 Å². The number of hydrogen-bond donors (Lipinski definition) is 1. The summed E-state index contributed by atoms with van der Waals surface area (Å²) in [4.78, 5) is 14.4. The van der Waals surface area contributed by atoms with Gasteiger partial charge in [0.15, 0.2) is 0 Å². The number of hydrogen-bond acceptors (Lipinski definition) is 2. The molecule has 0 saturated carbocycles. The summed E-state index contributed by atoms with van der Waals surface area (Å²) < 4.78 is 0. The molecule has 0 aliphatic carbocycles. The summed E-state index contributed by atoms with van der Waals surface area (Å²) in [7, 11) is 0. The topological polar surface area (TPSA) is 32.3 Å². The molecule has 1 saturated heterocycles. The first-order chi connectivity index (χ1) is 8.81. The first-order valence-corrected chi connectivity index (χ1v) is 6.84. The number of carbonyl (C=O) groups is 1. The lowest BCUT2D eigenvalue weighted by Gasteiger charge is -2.29. The standard InChI is InChI=1S/C15H22N2O/c1-2-17(12-13-7-4-3-5-8-13)15(18)14-9-6-10-16-11-14/h3-5,7-8,14,16H,2,6,9-12H2,1H3/t14-/m0/s1. The highest BCUT2D eigenvalue weighted by atomic mass is 16.2. The molecular formula is C15H22N2O. The molecule has 0 aromatic heterocycles. The summed E-state index contributed by atoms with van der Waals surface area (Å²) in [5.74, 6) is 0.468. The Bertz CT molecular complexity index is 371. The lowest BCUT2D eigenvalue weighted by atomic mass is 9.98. The van der Waals surface area contributed by atoms with Crippen LogP contribution in [-0.4, -0.2) is 30.4 Å². The van der Waals surface area contributed by atoms with Crippen molar-refractivity contribution in [2.24, 2.45) is 5.92 Å². The minimum atomic E-state index is 0.169. The summed E-state index contributed by atoms with van der Waals surface area (Å²) in [6.07, 6.45) is 2.14. The number of nitrogens with one attached hydrogen (secondary N) is 1. The van der Waals surface area contributed by atoms with Gasteiger partial charge in [0.25, 0.3) is 0 Å². The second kappa shape index (κ2) is 6.55. The third kappa shape index (κ3) is 3.33. The van der Waals surface area contributed by atoms with Gasteiger partial charge in [-0.3, -0.25) is 4.79 Å². The van der Waals surface area contributed by atoms with Crippen molar-refractivity contribution in [2.45, 2.75) is 26.3 Å². The Morgan fingerprint density at radius 3 is 2.78 bits per heavy atom. The van der Waals surface area contributed by atoms with Crippen molar-refractivity contribution in [2.75, 3.05) is 19.6 Å². The van der Waals surface area contributed by atoms with Gasteiger partial charge in [-0.25, -0.2) is 0 Å². The highest BCUT2D eigenvalue weighted by molar-refractivity contribution is 5.79. The van der Waals surface area contributed by atoms with Crippen LogP contribution in [-0.2, 0) is 11.3 Å². The number of rotatable bonds is 4. The van der Waals surface area contributed by atoms with Crippen LogP contribution in [0.15, 0.2) is 30.3 Å². The van der Waals surface area contributed by atoms with Crippen molar-refractivity contribution in [3.05, 3.63) is 35.9 Å². The first-order valence-electron chi connectivity index (χ1n) is 6.84. The van der Waals surface area contributed by atoms with Gasteiger partial charge in [-0.1, -0.05) is 30.3 Å². The van der Waals surface area contributed by atoms with Gasteiger partial charge in [0.1, 0.15) is 0 Å². The van der Waals surface area contributed by atoms with Crippen LogP contribution < -0.4 is 5.32 Å². The fraction of sp³-hybridized carbons (Fsp3) is 0.533. The van der Waals surface area contributed by atoms with E-state index in [-0.39, 0.29) is 5.92 Å². The molecule has 2 rings (SSSR count). The summed E-state index contributed by atoms with van der Waals surface area (Å²) in [5.41, 5.74) is 1.21. The van der Waals surface area contributed by atoms with E-state index in [4.69, 9.17) is 0 Å². The maximum Gasteiger partial charge on any atom is 0.227 e. The van der Waals surface area contributed by atoms with E-state index >= 15 is 0 Å². The Kier molecular flexibility index (Phi) is 4.76. The van der Waals surface area contributed by atoms with E-state index in [9.17, 15) is 4.79 Å². The third-order valence-corrected chi connectivity index (χ3v) is 3.56. The Morgan fingerprint density at radius 1 is 1.39 bits per heavy atom. The molecule has 1 amide bonds. The molecule has 0 spiro atoms. The van der Waals surface area contributed by atoms with Gasteiger partial charge in [0.05, 0.1) is 5.92 Å². The van der Waals surface area contributed by atoms with Crippen LogP contribution in [0.25, 0.3) is 0 Å². The lowest BCUT2D eigenvalue weighted by Crippen LogP contribution is -2.42. The van der Waals surface area contributed by atoms with Crippen LogP contribution in [0.1, 0.15) is 25.3 Å². The normalized spacial score (nSPS) is 19.5. The number of nitrogens with zero attached hydrogens (tertiary/aromatic N) is 1. The molecule has 1 heterocycles. The van der Waals surface area contributed by atoms with Gasteiger partial charge in [-0.15, -0.1) is 0 Å². The second-order valence-corrected chi connectivity index (χ2v) is 4.88. The Morgan fingerprint density at radius 2 is 2.17 bits per heavy atom. The lowest BCUT2D eigenvalue weighted by molar-refractivity contribution is -0.136. The van der Waals surface area contributed by atoms with Crippen LogP contribution in [0.3, 0.4) is 0 Å². The second-order valence-electron chi connectivity index (χ2n) is 4.88. The molecule has 1 aliphatic heterocycles. The number of piperidine rings is 1.